The van der Waals surface area contributed by atoms with Crippen molar-refractivity contribution in [2.45, 2.75) is 26.7 Å². The molecule has 0 spiro atoms. The van der Waals surface area contributed by atoms with E-state index >= 15 is 0 Å². The molecule has 0 saturated heterocycles. The summed E-state index contributed by atoms with van der Waals surface area (Å²) < 4.78 is 5.60. The van der Waals surface area contributed by atoms with Crippen molar-refractivity contribution in [3.63, 3.8) is 0 Å². The summed E-state index contributed by atoms with van der Waals surface area (Å²) in [5.41, 5.74) is 4.80. The summed E-state index contributed by atoms with van der Waals surface area (Å²) in [7, 11) is 0. The molecule has 0 unspecified atom stereocenters. The van der Waals surface area contributed by atoms with Gasteiger partial charge in [0.25, 0.3) is 0 Å². The maximum Gasteiger partial charge on any atom is 0.196 e. The molecular weight excluding hydrogens is 260 g/mol. The lowest BCUT2D eigenvalue weighted by Crippen LogP contribution is -2.10. The number of benzene rings is 2. The van der Waals surface area contributed by atoms with Crippen LogP contribution in [0, 0.1) is 6.92 Å². The molecule has 0 fully saturated rings. The smallest absolute Gasteiger partial charge is 0.196 e. The predicted molar refractivity (Wildman–Crippen MR) is 86.7 cm³/mol. The summed E-state index contributed by atoms with van der Waals surface area (Å²) in [6.45, 7) is 6.07. The first kappa shape index (κ1) is 13.6. The number of hydrogen-bond acceptors (Lipinski definition) is 2. The van der Waals surface area contributed by atoms with Crippen molar-refractivity contribution in [1.29, 1.82) is 0 Å². The van der Waals surface area contributed by atoms with Crippen molar-refractivity contribution < 1.29 is 4.42 Å². The van der Waals surface area contributed by atoms with Crippen LogP contribution in [0.15, 0.2) is 57.9 Å². The van der Waals surface area contributed by atoms with Crippen molar-refractivity contribution in [3.8, 4) is 11.1 Å². The number of fused-ring (bicyclic) bond motifs is 1. The minimum atomic E-state index is 0.0701. The molecule has 21 heavy (non-hydrogen) atoms. The quantitative estimate of drug-likeness (QED) is 0.668. The van der Waals surface area contributed by atoms with Crippen LogP contribution in [0.3, 0.4) is 0 Å². The lowest BCUT2D eigenvalue weighted by Gasteiger charge is -2.07. The zero-order valence-corrected chi connectivity index (χ0v) is 12.5. The van der Waals surface area contributed by atoms with Gasteiger partial charge in [0.15, 0.2) is 5.43 Å². The van der Waals surface area contributed by atoms with Crippen molar-refractivity contribution in [1.82, 2.24) is 0 Å². The Morgan fingerprint density at radius 2 is 1.76 bits per heavy atom. The highest BCUT2D eigenvalue weighted by Crippen LogP contribution is 2.25. The van der Waals surface area contributed by atoms with Crippen LogP contribution in [0.2, 0.25) is 0 Å². The molecule has 0 aliphatic rings. The molecule has 1 aromatic heterocycles. The second-order valence-corrected chi connectivity index (χ2v) is 5.76. The van der Waals surface area contributed by atoms with Gasteiger partial charge in [0.05, 0.1) is 11.6 Å². The molecule has 2 nitrogen and oxygen atoms in total. The minimum Gasteiger partial charge on any atom is -0.464 e. The topological polar surface area (TPSA) is 30.2 Å². The molecule has 0 aliphatic carbocycles. The average Bonchev–Trinajstić information content (AvgIpc) is 2.47. The van der Waals surface area contributed by atoms with E-state index in [4.69, 9.17) is 4.42 Å². The summed E-state index contributed by atoms with van der Waals surface area (Å²) in [5.74, 6) is 0.160. The zero-order valence-electron chi connectivity index (χ0n) is 12.5. The van der Waals surface area contributed by atoms with Gasteiger partial charge in [-0.1, -0.05) is 49.7 Å². The number of hydrogen-bond donors (Lipinski definition) is 0. The average molecular weight is 278 g/mol. The Morgan fingerprint density at radius 3 is 2.48 bits per heavy atom. The molecule has 0 amide bonds. The van der Waals surface area contributed by atoms with Crippen LogP contribution in [0.1, 0.15) is 30.9 Å². The van der Waals surface area contributed by atoms with Crippen LogP contribution in [0.5, 0.6) is 0 Å². The van der Waals surface area contributed by atoms with Gasteiger partial charge in [-0.15, -0.1) is 0 Å². The summed E-state index contributed by atoms with van der Waals surface area (Å²) in [5, 5.41) is 0.653. The van der Waals surface area contributed by atoms with E-state index in [-0.39, 0.29) is 11.3 Å². The van der Waals surface area contributed by atoms with Crippen LogP contribution >= 0.6 is 0 Å². The molecule has 3 aromatic rings. The Hall–Kier alpha value is -2.35. The molecule has 2 heteroatoms. The minimum absolute atomic E-state index is 0.0701. The lowest BCUT2D eigenvalue weighted by atomic mass is 9.99. The third kappa shape index (κ3) is 2.49. The Morgan fingerprint density at radius 1 is 1.00 bits per heavy atom. The van der Waals surface area contributed by atoms with Crippen LogP contribution in [-0.4, -0.2) is 0 Å². The molecule has 0 atom stereocenters. The molecule has 0 N–H and O–H groups in total. The standard InChI is InChI=1S/C19H18O2/c1-12(2)17-11-21-18-8-7-15(10-16(18)19(17)20)14-6-4-5-13(3)9-14/h4-12H,1-3H3. The number of aryl methyl sites for hydroxylation is 1. The lowest BCUT2D eigenvalue weighted by molar-refractivity contribution is 0.586. The van der Waals surface area contributed by atoms with Crippen LogP contribution in [0.25, 0.3) is 22.1 Å². The normalized spacial score (nSPS) is 11.2. The van der Waals surface area contributed by atoms with Crippen molar-refractivity contribution >= 4 is 11.0 Å². The predicted octanol–water partition coefficient (Wildman–Crippen LogP) is 4.89. The molecule has 2 aromatic carbocycles. The van der Waals surface area contributed by atoms with Crippen LogP contribution in [-0.2, 0) is 0 Å². The van der Waals surface area contributed by atoms with Gasteiger partial charge in [0.1, 0.15) is 5.58 Å². The maximum absolute atomic E-state index is 12.6. The fourth-order valence-corrected chi connectivity index (χ4v) is 2.55. The molecular formula is C19H18O2. The molecule has 0 bridgehead atoms. The second-order valence-electron chi connectivity index (χ2n) is 5.76. The Bertz CT molecular complexity index is 857. The van der Waals surface area contributed by atoms with Crippen LogP contribution in [0.4, 0.5) is 0 Å². The summed E-state index contributed by atoms with van der Waals surface area (Å²) in [6.07, 6.45) is 1.58. The van der Waals surface area contributed by atoms with Gasteiger partial charge in [0.2, 0.25) is 0 Å². The Labute approximate surface area is 124 Å². The Kier molecular flexibility index (Phi) is 3.38. The third-order valence-electron chi connectivity index (χ3n) is 3.77. The van der Waals surface area contributed by atoms with Crippen molar-refractivity contribution in [2.75, 3.05) is 0 Å². The molecule has 0 radical (unpaired) electrons. The highest BCUT2D eigenvalue weighted by atomic mass is 16.3. The highest BCUT2D eigenvalue weighted by molar-refractivity contribution is 5.83. The van der Waals surface area contributed by atoms with E-state index in [0.29, 0.717) is 11.0 Å². The van der Waals surface area contributed by atoms with Crippen molar-refractivity contribution in [2.24, 2.45) is 0 Å². The van der Waals surface area contributed by atoms with E-state index in [2.05, 4.69) is 25.1 Å². The fraction of sp³-hybridized carbons (Fsp3) is 0.211. The summed E-state index contributed by atoms with van der Waals surface area (Å²) in [6, 6.07) is 14.1. The second kappa shape index (κ2) is 5.21. The molecule has 106 valence electrons. The van der Waals surface area contributed by atoms with E-state index in [0.717, 1.165) is 16.7 Å². The van der Waals surface area contributed by atoms with Gasteiger partial charge >= 0.3 is 0 Å². The van der Waals surface area contributed by atoms with Gasteiger partial charge in [-0.25, -0.2) is 0 Å². The molecule has 3 rings (SSSR count). The maximum atomic E-state index is 12.6. The van der Waals surface area contributed by atoms with Gasteiger partial charge in [-0.05, 0) is 36.1 Å². The highest BCUT2D eigenvalue weighted by Gasteiger charge is 2.11. The number of rotatable bonds is 2. The zero-order chi connectivity index (χ0) is 15.0. The first-order valence-electron chi connectivity index (χ1n) is 7.19. The largest absolute Gasteiger partial charge is 0.464 e. The van der Waals surface area contributed by atoms with Gasteiger partial charge in [-0.3, -0.25) is 4.79 Å². The summed E-state index contributed by atoms with van der Waals surface area (Å²) >= 11 is 0. The Balaban J connectivity index is 2.24. The monoisotopic (exact) mass is 278 g/mol. The van der Waals surface area contributed by atoms with Gasteiger partial charge in [-0.2, -0.15) is 0 Å². The van der Waals surface area contributed by atoms with E-state index < -0.39 is 0 Å². The van der Waals surface area contributed by atoms with Gasteiger partial charge in [0, 0.05) is 5.56 Å². The van der Waals surface area contributed by atoms with E-state index in [1.165, 1.54) is 5.56 Å². The SMILES string of the molecule is Cc1cccc(-c2ccc3occ(C(C)C)c(=O)c3c2)c1. The first-order chi connectivity index (χ1) is 10.1. The van der Waals surface area contributed by atoms with Crippen LogP contribution < -0.4 is 5.43 Å². The first-order valence-corrected chi connectivity index (χ1v) is 7.19. The van der Waals surface area contributed by atoms with Gasteiger partial charge < -0.3 is 4.42 Å². The van der Waals surface area contributed by atoms with E-state index in [1.807, 2.05) is 38.1 Å². The molecule has 0 aliphatic heterocycles. The summed E-state index contributed by atoms with van der Waals surface area (Å²) in [4.78, 5) is 12.6. The van der Waals surface area contributed by atoms with E-state index in [1.54, 1.807) is 6.26 Å². The molecule has 0 saturated carbocycles. The van der Waals surface area contributed by atoms with Crippen molar-refractivity contribution in [3.05, 3.63) is 70.1 Å². The third-order valence-corrected chi connectivity index (χ3v) is 3.77. The van der Waals surface area contributed by atoms with E-state index in [9.17, 15) is 4.79 Å². The molecule has 1 heterocycles. The fourth-order valence-electron chi connectivity index (χ4n) is 2.55.